The van der Waals surface area contributed by atoms with Gasteiger partial charge >= 0.3 is 0 Å². The summed E-state index contributed by atoms with van der Waals surface area (Å²) in [5.74, 6) is 0.556. The molecule has 2 aliphatic heterocycles. The Morgan fingerprint density at radius 3 is 2.51 bits per heavy atom. The summed E-state index contributed by atoms with van der Waals surface area (Å²) in [6.07, 6.45) is 5.75. The summed E-state index contributed by atoms with van der Waals surface area (Å²) in [5, 5.41) is 10.5. The van der Waals surface area contributed by atoms with Crippen molar-refractivity contribution in [2.75, 3.05) is 43.9 Å². The zero-order valence-corrected chi connectivity index (χ0v) is 21.6. The van der Waals surface area contributed by atoms with E-state index in [1.807, 2.05) is 21.7 Å². The first kappa shape index (κ1) is 24.1. The van der Waals surface area contributed by atoms with Crippen molar-refractivity contribution in [3.63, 3.8) is 0 Å². The van der Waals surface area contributed by atoms with Crippen molar-refractivity contribution >= 4 is 44.3 Å². The maximum atomic E-state index is 12.6. The van der Waals surface area contributed by atoms with E-state index in [0.717, 1.165) is 40.5 Å². The molecule has 0 saturated carbocycles. The molecule has 1 atom stereocenters. The first-order chi connectivity index (χ1) is 16.7. The van der Waals surface area contributed by atoms with Crippen LogP contribution in [0.3, 0.4) is 0 Å². The zero-order chi connectivity index (χ0) is 24.9. The summed E-state index contributed by atoms with van der Waals surface area (Å²) >= 11 is 6.78. The second kappa shape index (κ2) is 9.11. The van der Waals surface area contributed by atoms with Gasteiger partial charge in [-0.1, -0.05) is 11.6 Å². The minimum absolute atomic E-state index is 0.0212. The SMILES string of the molecule is CC(=O)N1CCN(c2nn(S(C)(=O)=O)c(C)c2-c2c(Cl)ccc3c2cnn3C2CCCCO2)CC1. The summed E-state index contributed by atoms with van der Waals surface area (Å²) in [7, 11) is -3.65. The maximum Gasteiger partial charge on any atom is 0.251 e. The van der Waals surface area contributed by atoms with Crippen LogP contribution in [0.25, 0.3) is 22.0 Å². The van der Waals surface area contributed by atoms with E-state index < -0.39 is 10.0 Å². The van der Waals surface area contributed by atoms with E-state index in [0.29, 0.717) is 60.4 Å². The van der Waals surface area contributed by atoms with Gasteiger partial charge in [0.15, 0.2) is 12.0 Å². The molecule has 0 bridgehead atoms. The molecule has 1 unspecified atom stereocenters. The highest BCUT2D eigenvalue weighted by molar-refractivity contribution is 7.89. The number of ether oxygens (including phenoxy) is 1. The van der Waals surface area contributed by atoms with Crippen LogP contribution in [0.1, 0.15) is 38.1 Å². The average Bonchev–Trinajstić information content (AvgIpc) is 3.41. The van der Waals surface area contributed by atoms with E-state index in [1.165, 1.54) is 0 Å². The number of hydrogen-bond acceptors (Lipinski definition) is 7. The van der Waals surface area contributed by atoms with Gasteiger partial charge in [0.2, 0.25) is 5.91 Å². The Kier molecular flexibility index (Phi) is 6.27. The van der Waals surface area contributed by atoms with Gasteiger partial charge in [0, 0.05) is 55.7 Å². The summed E-state index contributed by atoms with van der Waals surface area (Å²) in [6.45, 7) is 6.14. The third-order valence-electron chi connectivity index (χ3n) is 6.80. The number of fused-ring (bicyclic) bond motifs is 1. The molecule has 10 nitrogen and oxygen atoms in total. The van der Waals surface area contributed by atoms with E-state index in [1.54, 1.807) is 24.9 Å². The largest absolute Gasteiger partial charge is 0.356 e. The molecule has 0 N–H and O–H groups in total. The third-order valence-corrected chi connectivity index (χ3v) is 8.10. The second-order valence-corrected chi connectivity index (χ2v) is 11.4. The highest BCUT2D eigenvalue weighted by atomic mass is 35.5. The monoisotopic (exact) mass is 520 g/mol. The highest BCUT2D eigenvalue weighted by Gasteiger charge is 2.30. The van der Waals surface area contributed by atoms with Crippen LogP contribution >= 0.6 is 11.6 Å². The number of carbonyl (C=O) groups is 1. The molecule has 1 amide bonds. The van der Waals surface area contributed by atoms with Gasteiger partial charge in [-0.25, -0.2) is 13.1 Å². The molecule has 0 aliphatic carbocycles. The number of halogens is 1. The zero-order valence-electron chi connectivity index (χ0n) is 20.1. The molecule has 188 valence electrons. The second-order valence-electron chi connectivity index (χ2n) is 9.15. The van der Waals surface area contributed by atoms with Crippen LogP contribution < -0.4 is 4.90 Å². The summed E-state index contributed by atoms with van der Waals surface area (Å²) in [5.41, 5.74) is 2.71. The Bertz CT molecular complexity index is 1380. The Morgan fingerprint density at radius 1 is 1.14 bits per heavy atom. The number of benzene rings is 1. The van der Waals surface area contributed by atoms with Gasteiger partial charge in [0.25, 0.3) is 10.0 Å². The molecule has 5 rings (SSSR count). The summed E-state index contributed by atoms with van der Waals surface area (Å²) in [6, 6.07) is 3.74. The number of nitrogens with zero attached hydrogens (tertiary/aromatic N) is 6. The van der Waals surface area contributed by atoms with Crippen molar-refractivity contribution < 1.29 is 17.9 Å². The van der Waals surface area contributed by atoms with Crippen LogP contribution in [0.4, 0.5) is 5.82 Å². The lowest BCUT2D eigenvalue weighted by molar-refractivity contribution is -0.129. The lowest BCUT2D eigenvalue weighted by Gasteiger charge is -2.35. The Labute approximate surface area is 209 Å². The van der Waals surface area contributed by atoms with Crippen LogP contribution in [0, 0.1) is 6.92 Å². The number of hydrogen-bond donors (Lipinski definition) is 0. The number of rotatable bonds is 4. The molecule has 3 aromatic rings. The predicted molar refractivity (Wildman–Crippen MR) is 134 cm³/mol. The van der Waals surface area contributed by atoms with Crippen molar-refractivity contribution in [2.24, 2.45) is 0 Å². The first-order valence-corrected chi connectivity index (χ1v) is 14.0. The lowest BCUT2D eigenvalue weighted by atomic mass is 10.0. The molecule has 1 aromatic carbocycles. The molecule has 2 fully saturated rings. The topological polar surface area (TPSA) is 103 Å². The van der Waals surface area contributed by atoms with Crippen molar-refractivity contribution in [1.29, 1.82) is 0 Å². The predicted octanol–water partition coefficient (Wildman–Crippen LogP) is 3.04. The van der Waals surface area contributed by atoms with E-state index in [-0.39, 0.29) is 12.1 Å². The fourth-order valence-electron chi connectivity index (χ4n) is 5.03. The summed E-state index contributed by atoms with van der Waals surface area (Å²) < 4.78 is 34.1. The van der Waals surface area contributed by atoms with Gasteiger partial charge in [-0.05, 0) is 38.3 Å². The Morgan fingerprint density at radius 2 is 1.89 bits per heavy atom. The van der Waals surface area contributed by atoms with Gasteiger partial charge in [-0.15, -0.1) is 5.10 Å². The standard InChI is InChI=1S/C23H29ClN6O4S/c1-15-21(23(26-30(15)35(3,32)33)28-11-9-27(10-12-28)16(2)31)22-17-14-25-29(19(17)8-7-18(22)24)20-6-4-5-13-34-20/h7-8,14,20H,4-6,9-13H2,1-3H3. The molecular weight excluding hydrogens is 492 g/mol. The maximum absolute atomic E-state index is 12.6. The van der Waals surface area contributed by atoms with Crippen LogP contribution in [-0.2, 0) is 19.6 Å². The van der Waals surface area contributed by atoms with Crippen LogP contribution in [-0.4, -0.2) is 77.2 Å². The normalized spacial score (nSPS) is 19.5. The number of amides is 1. The molecule has 2 aromatic heterocycles. The minimum atomic E-state index is -3.65. The van der Waals surface area contributed by atoms with E-state index >= 15 is 0 Å². The number of piperazine rings is 1. The number of anilines is 1. The molecule has 2 saturated heterocycles. The van der Waals surface area contributed by atoms with Gasteiger partial charge < -0.3 is 14.5 Å². The molecule has 0 radical (unpaired) electrons. The lowest BCUT2D eigenvalue weighted by Crippen LogP contribution is -2.48. The minimum Gasteiger partial charge on any atom is -0.356 e. The van der Waals surface area contributed by atoms with Crippen LogP contribution in [0.5, 0.6) is 0 Å². The molecule has 2 aliphatic rings. The van der Waals surface area contributed by atoms with Crippen molar-refractivity contribution in [2.45, 2.75) is 39.3 Å². The molecule has 12 heteroatoms. The number of aromatic nitrogens is 4. The Balaban J connectivity index is 1.67. The smallest absolute Gasteiger partial charge is 0.251 e. The van der Waals surface area contributed by atoms with Gasteiger partial charge in [-0.2, -0.15) is 9.19 Å². The first-order valence-electron chi connectivity index (χ1n) is 11.7. The average molecular weight is 521 g/mol. The third kappa shape index (κ3) is 4.30. The van der Waals surface area contributed by atoms with E-state index in [2.05, 4.69) is 10.2 Å². The molecule has 35 heavy (non-hydrogen) atoms. The molecule has 4 heterocycles. The number of carbonyl (C=O) groups excluding carboxylic acids is 1. The molecular formula is C23H29ClN6O4S. The van der Waals surface area contributed by atoms with Gasteiger partial charge in [0.1, 0.15) is 0 Å². The van der Waals surface area contributed by atoms with E-state index in [9.17, 15) is 13.2 Å². The fraction of sp³-hybridized carbons (Fsp3) is 0.522. The van der Waals surface area contributed by atoms with Crippen molar-refractivity contribution in [1.82, 2.24) is 23.9 Å². The molecule has 0 spiro atoms. The fourth-order valence-corrected chi connectivity index (χ4v) is 6.11. The van der Waals surface area contributed by atoms with E-state index in [4.69, 9.17) is 16.3 Å². The quantitative estimate of drug-likeness (QED) is 0.521. The van der Waals surface area contributed by atoms with Crippen LogP contribution in [0.2, 0.25) is 5.02 Å². The van der Waals surface area contributed by atoms with Crippen molar-refractivity contribution in [3.05, 3.63) is 29.0 Å². The highest BCUT2D eigenvalue weighted by Crippen LogP contribution is 2.43. The van der Waals surface area contributed by atoms with Crippen molar-refractivity contribution in [3.8, 4) is 11.1 Å². The Hall–Kier alpha value is -2.63. The summed E-state index contributed by atoms with van der Waals surface area (Å²) in [4.78, 5) is 15.6. The van der Waals surface area contributed by atoms with Crippen LogP contribution in [0.15, 0.2) is 18.3 Å². The van der Waals surface area contributed by atoms with Gasteiger partial charge in [-0.3, -0.25) is 4.79 Å². The van der Waals surface area contributed by atoms with Gasteiger partial charge in [0.05, 0.1) is 29.2 Å².